The molecule has 1 amide bonds. The van der Waals surface area contributed by atoms with E-state index < -0.39 is 12.0 Å². The van der Waals surface area contributed by atoms with E-state index in [4.69, 9.17) is 5.11 Å². The van der Waals surface area contributed by atoms with Crippen LogP contribution in [0.25, 0.3) is 0 Å². The highest BCUT2D eigenvalue weighted by Crippen LogP contribution is 2.39. The molecule has 1 saturated heterocycles. The Hall–Kier alpha value is -1.10. The molecule has 0 radical (unpaired) electrons. The summed E-state index contributed by atoms with van der Waals surface area (Å²) in [7, 11) is 0. The van der Waals surface area contributed by atoms with E-state index in [-0.39, 0.29) is 12.3 Å². The van der Waals surface area contributed by atoms with Gasteiger partial charge in [-0.25, -0.2) is 0 Å². The van der Waals surface area contributed by atoms with Crippen LogP contribution in [0.4, 0.5) is 0 Å². The van der Waals surface area contributed by atoms with Gasteiger partial charge in [-0.1, -0.05) is 20.8 Å². The average Bonchev–Trinajstić information content (AvgIpc) is 2.40. The zero-order valence-electron chi connectivity index (χ0n) is 13.4. The minimum Gasteiger partial charge on any atom is -0.481 e. The number of piperazine rings is 1. The summed E-state index contributed by atoms with van der Waals surface area (Å²) in [6, 6.07) is -0.133. The van der Waals surface area contributed by atoms with Crippen LogP contribution in [-0.2, 0) is 9.59 Å². The van der Waals surface area contributed by atoms with Crippen molar-refractivity contribution in [3.8, 4) is 0 Å². The number of carboxylic acid groups (broad SMARTS) is 1. The number of carbonyl (C=O) groups excluding carboxylic acids is 1. The molecule has 1 heterocycles. The Morgan fingerprint density at radius 3 is 2.43 bits per heavy atom. The predicted molar refractivity (Wildman–Crippen MR) is 81.0 cm³/mol. The summed E-state index contributed by atoms with van der Waals surface area (Å²) in [4.78, 5) is 25.2. The van der Waals surface area contributed by atoms with E-state index in [1.54, 1.807) is 0 Å². The lowest BCUT2D eigenvalue weighted by molar-refractivity contribution is -0.144. The predicted octanol–water partition coefficient (Wildman–Crippen LogP) is 1.87. The Morgan fingerprint density at radius 2 is 1.90 bits per heavy atom. The van der Waals surface area contributed by atoms with Crippen LogP contribution in [-0.4, -0.2) is 47.1 Å². The second-order valence-electron chi connectivity index (χ2n) is 7.51. The molecule has 1 aliphatic carbocycles. The van der Waals surface area contributed by atoms with Gasteiger partial charge in [0.2, 0.25) is 5.91 Å². The first kappa shape index (κ1) is 16.3. The van der Waals surface area contributed by atoms with Crippen molar-refractivity contribution in [3.05, 3.63) is 0 Å². The van der Waals surface area contributed by atoms with Gasteiger partial charge in [0, 0.05) is 19.1 Å². The van der Waals surface area contributed by atoms with E-state index in [1.165, 1.54) is 12.8 Å². The summed E-state index contributed by atoms with van der Waals surface area (Å²) in [5.41, 5.74) is 0.338. The first-order valence-electron chi connectivity index (χ1n) is 8.04. The minimum atomic E-state index is -0.898. The number of nitrogens with one attached hydrogen (secondary N) is 1. The van der Waals surface area contributed by atoms with Crippen molar-refractivity contribution >= 4 is 11.9 Å². The van der Waals surface area contributed by atoms with Gasteiger partial charge in [-0.05, 0) is 37.0 Å². The molecule has 0 spiro atoms. The minimum absolute atomic E-state index is 0.0922. The summed E-state index contributed by atoms with van der Waals surface area (Å²) in [6.45, 7) is 8.28. The number of nitrogens with zero attached hydrogens (tertiary/aromatic N) is 1. The Balaban J connectivity index is 2.00. The third-order valence-corrected chi connectivity index (χ3v) is 5.13. The van der Waals surface area contributed by atoms with Gasteiger partial charge in [0.15, 0.2) is 0 Å². The van der Waals surface area contributed by atoms with Crippen LogP contribution in [0.1, 0.15) is 52.9 Å². The summed E-state index contributed by atoms with van der Waals surface area (Å²) in [6.07, 6.45) is 4.40. The molecule has 2 N–H and O–H groups in total. The highest BCUT2D eigenvalue weighted by molar-refractivity contribution is 5.86. The quantitative estimate of drug-likeness (QED) is 0.834. The highest BCUT2D eigenvalue weighted by atomic mass is 16.4. The number of hydrogen-bond donors (Lipinski definition) is 2. The topological polar surface area (TPSA) is 69.6 Å². The molecule has 5 heteroatoms. The molecule has 0 aromatic carbocycles. The molecule has 2 aliphatic rings. The molecule has 120 valence electrons. The standard InChI is InChI=1S/C16H28N2O3/c1-16(2,3)11-4-6-12(7-5-11)18-9-8-17-15(21)13(18)10-14(19)20/h11-13H,4-10H2,1-3H3,(H,17,21)(H,19,20). The van der Waals surface area contributed by atoms with E-state index in [2.05, 4.69) is 31.0 Å². The third kappa shape index (κ3) is 3.96. The third-order valence-electron chi connectivity index (χ3n) is 5.13. The van der Waals surface area contributed by atoms with Crippen LogP contribution >= 0.6 is 0 Å². The molecule has 0 aromatic heterocycles. The van der Waals surface area contributed by atoms with Crippen LogP contribution < -0.4 is 5.32 Å². The van der Waals surface area contributed by atoms with Gasteiger partial charge < -0.3 is 10.4 Å². The van der Waals surface area contributed by atoms with Gasteiger partial charge >= 0.3 is 5.97 Å². The van der Waals surface area contributed by atoms with Crippen LogP contribution in [0.5, 0.6) is 0 Å². The van der Waals surface area contributed by atoms with Gasteiger partial charge in [-0.2, -0.15) is 0 Å². The SMILES string of the molecule is CC(C)(C)C1CCC(N2CCNC(=O)C2CC(=O)O)CC1. The molecule has 1 saturated carbocycles. The lowest BCUT2D eigenvalue weighted by atomic mass is 9.71. The maximum absolute atomic E-state index is 12.0. The van der Waals surface area contributed by atoms with E-state index >= 15 is 0 Å². The van der Waals surface area contributed by atoms with Gasteiger partial charge in [0.05, 0.1) is 12.5 Å². The highest BCUT2D eigenvalue weighted by Gasteiger charge is 2.38. The van der Waals surface area contributed by atoms with E-state index in [1.807, 2.05) is 0 Å². The normalized spacial score (nSPS) is 31.8. The van der Waals surface area contributed by atoms with Crippen LogP contribution in [0.15, 0.2) is 0 Å². The van der Waals surface area contributed by atoms with E-state index in [0.717, 1.165) is 25.3 Å². The number of hydrogen-bond acceptors (Lipinski definition) is 3. The summed E-state index contributed by atoms with van der Waals surface area (Å²) in [5.74, 6) is -0.294. The van der Waals surface area contributed by atoms with Gasteiger partial charge in [-0.15, -0.1) is 0 Å². The molecule has 0 aromatic rings. The van der Waals surface area contributed by atoms with Crippen molar-refractivity contribution in [1.29, 1.82) is 0 Å². The fourth-order valence-electron chi connectivity index (χ4n) is 3.82. The number of carbonyl (C=O) groups is 2. The van der Waals surface area contributed by atoms with Crippen molar-refractivity contribution in [2.45, 2.75) is 65.0 Å². The van der Waals surface area contributed by atoms with Crippen molar-refractivity contribution in [2.75, 3.05) is 13.1 Å². The molecular formula is C16H28N2O3. The lowest BCUT2D eigenvalue weighted by Crippen LogP contribution is -2.59. The largest absolute Gasteiger partial charge is 0.481 e. The maximum Gasteiger partial charge on any atom is 0.305 e. The fourth-order valence-corrected chi connectivity index (χ4v) is 3.82. The van der Waals surface area contributed by atoms with Crippen LogP contribution in [0.2, 0.25) is 0 Å². The monoisotopic (exact) mass is 296 g/mol. The Kier molecular flexibility index (Phi) is 4.91. The maximum atomic E-state index is 12.0. The molecular weight excluding hydrogens is 268 g/mol. The zero-order valence-corrected chi connectivity index (χ0v) is 13.4. The van der Waals surface area contributed by atoms with Crippen molar-refractivity contribution < 1.29 is 14.7 Å². The number of carboxylic acids is 1. The molecule has 1 unspecified atom stereocenters. The number of rotatable bonds is 3. The van der Waals surface area contributed by atoms with Gasteiger partial charge in [0.25, 0.3) is 0 Å². The first-order valence-corrected chi connectivity index (χ1v) is 8.04. The van der Waals surface area contributed by atoms with E-state index in [9.17, 15) is 9.59 Å². The second-order valence-corrected chi connectivity index (χ2v) is 7.51. The number of aliphatic carboxylic acids is 1. The fraction of sp³-hybridized carbons (Fsp3) is 0.875. The molecule has 0 bridgehead atoms. The van der Waals surface area contributed by atoms with E-state index in [0.29, 0.717) is 18.0 Å². The molecule has 21 heavy (non-hydrogen) atoms. The smallest absolute Gasteiger partial charge is 0.305 e. The lowest BCUT2D eigenvalue weighted by Gasteiger charge is -2.45. The van der Waals surface area contributed by atoms with Crippen molar-refractivity contribution in [3.63, 3.8) is 0 Å². The Labute approximate surface area is 127 Å². The molecule has 5 nitrogen and oxygen atoms in total. The summed E-state index contributed by atoms with van der Waals surface area (Å²) < 4.78 is 0. The average molecular weight is 296 g/mol. The molecule has 1 aliphatic heterocycles. The Morgan fingerprint density at radius 1 is 1.29 bits per heavy atom. The first-order chi connectivity index (χ1) is 9.79. The van der Waals surface area contributed by atoms with Crippen LogP contribution in [0, 0.1) is 11.3 Å². The van der Waals surface area contributed by atoms with Crippen molar-refractivity contribution in [2.24, 2.45) is 11.3 Å². The van der Waals surface area contributed by atoms with Gasteiger partial charge in [-0.3, -0.25) is 14.5 Å². The molecule has 1 atom stereocenters. The van der Waals surface area contributed by atoms with Gasteiger partial charge in [0.1, 0.15) is 0 Å². The molecule has 2 rings (SSSR count). The number of amides is 1. The molecule has 2 fully saturated rings. The summed E-state index contributed by atoms with van der Waals surface area (Å²) >= 11 is 0. The zero-order chi connectivity index (χ0) is 15.6. The van der Waals surface area contributed by atoms with Crippen LogP contribution in [0.3, 0.4) is 0 Å². The second kappa shape index (κ2) is 6.34. The van der Waals surface area contributed by atoms with Crippen molar-refractivity contribution in [1.82, 2.24) is 10.2 Å². The summed E-state index contributed by atoms with van der Waals surface area (Å²) in [5, 5.41) is 11.8. The Bertz CT molecular complexity index is 395.